The number of alkyl halides is 4. The quantitative estimate of drug-likeness (QED) is 0.550. The molecule has 4 heterocycles. The van der Waals surface area contributed by atoms with Crippen molar-refractivity contribution in [2.24, 2.45) is 15.1 Å². The fourth-order valence-corrected chi connectivity index (χ4v) is 7.50. The molecule has 0 bridgehead atoms. The summed E-state index contributed by atoms with van der Waals surface area (Å²) >= 11 is 0. The van der Waals surface area contributed by atoms with Crippen molar-refractivity contribution in [3.8, 4) is 5.75 Å². The van der Waals surface area contributed by atoms with E-state index in [9.17, 15) is 26.6 Å². The van der Waals surface area contributed by atoms with Crippen molar-refractivity contribution >= 4 is 27.3 Å². The molecule has 0 radical (unpaired) electrons. The molecule has 2 aromatic rings. The Morgan fingerprint density at radius 1 is 1.22 bits per heavy atom. The standard InChI is InChI=1S/C22H23F5N6O3S/c1-20(2)18(28)33-21(3,14-8-22(26,27)10-30-37(14,20)35)16-12(23)5-7-15(31-16)32-17(34)13-6-4-11(9-29-13)36-19(24)25/h4-7,9,14,19H,8,10H2,1-3H3,(H2,28,33)(H,31,32,34)/t14-,21+,37-/m1/s1. The molecular weight excluding hydrogens is 523 g/mol. The van der Waals surface area contributed by atoms with Gasteiger partial charge in [0.15, 0.2) is 0 Å². The molecule has 0 unspecified atom stereocenters. The molecule has 9 nitrogen and oxygen atoms in total. The Morgan fingerprint density at radius 2 is 1.92 bits per heavy atom. The van der Waals surface area contributed by atoms with Crippen molar-refractivity contribution < 1.29 is 35.7 Å². The first kappa shape index (κ1) is 26.7. The minimum Gasteiger partial charge on any atom is -0.433 e. The van der Waals surface area contributed by atoms with E-state index in [0.29, 0.717) is 0 Å². The summed E-state index contributed by atoms with van der Waals surface area (Å²) in [6.07, 6.45) is 0.0248. The predicted octanol–water partition coefficient (Wildman–Crippen LogP) is 3.71. The van der Waals surface area contributed by atoms with E-state index in [1.807, 2.05) is 0 Å². The van der Waals surface area contributed by atoms with Gasteiger partial charge in [-0.15, -0.1) is 0 Å². The summed E-state index contributed by atoms with van der Waals surface area (Å²) in [6.45, 7) is 0.238. The fraction of sp³-hybridized carbons (Fsp3) is 0.455. The SMILES string of the molecule is CC1(C)C(N)=N[C@](C)(c2nc(NC(=O)c3ccc(OC(F)F)cn3)ccc2F)[C@H]2CC(F)(F)CN=[S@@]21=O. The number of ether oxygens (including phenoxy) is 1. The van der Waals surface area contributed by atoms with Crippen molar-refractivity contribution in [3.63, 3.8) is 0 Å². The highest BCUT2D eigenvalue weighted by Gasteiger charge is 2.60. The number of hydrogen-bond acceptors (Lipinski definition) is 8. The number of anilines is 1. The van der Waals surface area contributed by atoms with Gasteiger partial charge in [-0.3, -0.25) is 9.79 Å². The van der Waals surface area contributed by atoms with Gasteiger partial charge in [-0.2, -0.15) is 8.78 Å². The Kier molecular flexibility index (Phi) is 6.41. The normalized spacial score (nSPS) is 28.0. The summed E-state index contributed by atoms with van der Waals surface area (Å²) in [5.74, 6) is -5.69. The van der Waals surface area contributed by atoms with E-state index >= 15 is 4.39 Å². The Bertz CT molecular complexity index is 1390. The number of amides is 1. The molecule has 0 spiro atoms. The molecule has 15 heteroatoms. The van der Waals surface area contributed by atoms with Crippen molar-refractivity contribution in [1.29, 1.82) is 0 Å². The second-order valence-electron chi connectivity index (χ2n) is 9.30. The zero-order valence-corrected chi connectivity index (χ0v) is 20.7. The molecule has 3 atom stereocenters. The summed E-state index contributed by atoms with van der Waals surface area (Å²) < 4.78 is 89.4. The Balaban J connectivity index is 1.72. The minimum atomic E-state index is -3.47. The Hall–Kier alpha value is -3.36. The van der Waals surface area contributed by atoms with Crippen molar-refractivity contribution in [2.45, 2.75) is 55.3 Å². The summed E-state index contributed by atoms with van der Waals surface area (Å²) in [5, 5.41) is 0.935. The topological polar surface area (TPSA) is 132 Å². The fourth-order valence-electron chi connectivity index (χ4n) is 4.30. The third-order valence-corrected chi connectivity index (χ3v) is 10.0. The molecule has 2 aliphatic rings. The lowest BCUT2D eigenvalue weighted by atomic mass is 9.88. The number of aromatic nitrogens is 2. The van der Waals surface area contributed by atoms with E-state index in [1.165, 1.54) is 20.8 Å². The van der Waals surface area contributed by atoms with Gasteiger partial charge in [0.05, 0.1) is 21.2 Å². The lowest BCUT2D eigenvalue weighted by Gasteiger charge is -2.48. The molecule has 2 aliphatic heterocycles. The summed E-state index contributed by atoms with van der Waals surface area (Å²) in [6, 6.07) is 4.28. The van der Waals surface area contributed by atoms with Gasteiger partial charge in [-0.1, -0.05) is 0 Å². The number of halogens is 5. The Morgan fingerprint density at radius 3 is 2.54 bits per heavy atom. The minimum absolute atomic E-state index is 0.156. The van der Waals surface area contributed by atoms with Crippen LogP contribution in [0.5, 0.6) is 5.75 Å². The zero-order valence-electron chi connectivity index (χ0n) is 19.8. The smallest absolute Gasteiger partial charge is 0.387 e. The number of hydrogen-bond donors (Lipinski definition) is 2. The number of aliphatic imine (C=N–C) groups is 1. The number of nitrogens with two attached hydrogens (primary N) is 1. The molecule has 1 amide bonds. The van der Waals surface area contributed by atoms with E-state index in [1.54, 1.807) is 0 Å². The maximum Gasteiger partial charge on any atom is 0.387 e. The van der Waals surface area contributed by atoms with E-state index in [0.717, 1.165) is 30.5 Å². The van der Waals surface area contributed by atoms with Crippen molar-refractivity contribution in [3.05, 3.63) is 47.7 Å². The van der Waals surface area contributed by atoms with Crippen LogP contribution in [0.3, 0.4) is 0 Å². The highest BCUT2D eigenvalue weighted by atomic mass is 32.2. The van der Waals surface area contributed by atoms with Crippen LogP contribution in [0.4, 0.5) is 27.8 Å². The van der Waals surface area contributed by atoms with Crippen LogP contribution in [0.2, 0.25) is 0 Å². The van der Waals surface area contributed by atoms with Crippen molar-refractivity contribution in [1.82, 2.24) is 9.97 Å². The number of amidine groups is 1. The van der Waals surface area contributed by atoms with Gasteiger partial charge < -0.3 is 15.8 Å². The summed E-state index contributed by atoms with van der Waals surface area (Å²) in [5.41, 5.74) is 3.56. The van der Waals surface area contributed by atoms with Gasteiger partial charge in [-0.05, 0) is 45.0 Å². The van der Waals surface area contributed by atoms with Gasteiger partial charge in [0.2, 0.25) is 0 Å². The predicted molar refractivity (Wildman–Crippen MR) is 125 cm³/mol. The number of pyridine rings is 2. The van der Waals surface area contributed by atoms with Crippen molar-refractivity contribution in [2.75, 3.05) is 11.9 Å². The molecule has 200 valence electrons. The van der Waals surface area contributed by atoms with Crippen LogP contribution in [-0.2, 0) is 15.3 Å². The van der Waals surface area contributed by atoms with E-state index in [-0.39, 0.29) is 23.1 Å². The maximum absolute atomic E-state index is 15.1. The monoisotopic (exact) mass is 546 g/mol. The van der Waals surface area contributed by atoms with E-state index < -0.39 is 68.2 Å². The second-order valence-corrected chi connectivity index (χ2v) is 12.3. The highest BCUT2D eigenvalue weighted by molar-refractivity contribution is 7.96. The number of carbonyl (C=O) groups is 1. The highest BCUT2D eigenvalue weighted by Crippen LogP contribution is 2.49. The van der Waals surface area contributed by atoms with Gasteiger partial charge >= 0.3 is 6.61 Å². The van der Waals surface area contributed by atoms with Gasteiger partial charge in [0.25, 0.3) is 11.8 Å². The van der Waals surface area contributed by atoms with Gasteiger partial charge in [0, 0.05) is 6.42 Å². The lowest BCUT2D eigenvalue weighted by molar-refractivity contribution is -0.0500. The lowest BCUT2D eigenvalue weighted by Crippen LogP contribution is -2.62. The second kappa shape index (κ2) is 8.89. The average Bonchev–Trinajstić information content (AvgIpc) is 2.81. The molecule has 0 aromatic carbocycles. The van der Waals surface area contributed by atoms with Crippen LogP contribution in [0.25, 0.3) is 0 Å². The number of nitrogens with one attached hydrogen (secondary N) is 1. The number of nitrogens with zero attached hydrogens (tertiary/aromatic N) is 4. The average molecular weight is 547 g/mol. The molecule has 0 fully saturated rings. The third-order valence-electron chi connectivity index (χ3n) is 6.45. The van der Waals surface area contributed by atoms with Crippen LogP contribution in [0.15, 0.2) is 39.8 Å². The number of fused-ring (bicyclic) bond motifs is 1. The number of rotatable bonds is 5. The molecule has 0 saturated heterocycles. The van der Waals surface area contributed by atoms with Crippen LogP contribution < -0.4 is 15.8 Å². The maximum atomic E-state index is 15.1. The molecule has 37 heavy (non-hydrogen) atoms. The van der Waals surface area contributed by atoms with Crippen LogP contribution in [-0.4, -0.2) is 55.0 Å². The first-order valence-corrected chi connectivity index (χ1v) is 12.5. The molecule has 2 aromatic heterocycles. The molecule has 0 saturated carbocycles. The number of carbonyl (C=O) groups excluding carboxylic acids is 1. The molecular formula is C22H23F5N6O3S. The van der Waals surface area contributed by atoms with Gasteiger partial charge in [0.1, 0.15) is 51.4 Å². The van der Waals surface area contributed by atoms with Gasteiger partial charge in [-0.25, -0.2) is 31.7 Å². The first-order valence-electron chi connectivity index (χ1n) is 10.9. The molecule has 0 aliphatic carbocycles. The Labute approximate surface area is 208 Å². The van der Waals surface area contributed by atoms with E-state index in [2.05, 4.69) is 29.4 Å². The van der Waals surface area contributed by atoms with Crippen LogP contribution in [0.1, 0.15) is 43.4 Å². The van der Waals surface area contributed by atoms with E-state index in [4.69, 9.17) is 5.73 Å². The summed E-state index contributed by atoms with van der Waals surface area (Å²) in [7, 11) is -3.47. The summed E-state index contributed by atoms with van der Waals surface area (Å²) in [4.78, 5) is 24.8. The molecule has 3 N–H and O–H groups in total. The molecule has 4 rings (SSSR count). The van der Waals surface area contributed by atoms with Crippen LogP contribution >= 0.6 is 0 Å². The largest absolute Gasteiger partial charge is 0.433 e. The zero-order chi connectivity index (χ0) is 27.4. The third kappa shape index (κ3) is 4.60. The first-order chi connectivity index (χ1) is 17.1. The van der Waals surface area contributed by atoms with Crippen LogP contribution in [0, 0.1) is 5.82 Å².